The molecule has 0 amide bonds. The van der Waals surface area contributed by atoms with Crippen LogP contribution in [0.4, 0.5) is 0 Å². The fourth-order valence-corrected chi connectivity index (χ4v) is 3.56. The van der Waals surface area contributed by atoms with Gasteiger partial charge in [-0.2, -0.15) is 0 Å². The van der Waals surface area contributed by atoms with E-state index in [2.05, 4.69) is 15.9 Å². The van der Waals surface area contributed by atoms with Crippen LogP contribution in [0.2, 0.25) is 0 Å². The van der Waals surface area contributed by atoms with Crippen molar-refractivity contribution in [1.82, 2.24) is 0 Å². The Morgan fingerprint density at radius 2 is 1.57 bits per heavy atom. The van der Waals surface area contributed by atoms with E-state index in [1.165, 1.54) is 6.92 Å². The van der Waals surface area contributed by atoms with Crippen LogP contribution in [0.5, 0.6) is 5.75 Å². The molecule has 0 saturated heterocycles. The minimum atomic E-state index is -0.422. The van der Waals surface area contributed by atoms with Crippen molar-refractivity contribution < 1.29 is 13.9 Å². The largest absolute Gasteiger partial charge is 0.427 e. The standard InChI is InChI=1S/C23H15BrO4/c1-14(25)27-18-10-7-16(8-11-18)22-21(15-5-3-2-4-6-15)19-13-17(24)9-12-20(19)28-23(22)26/h2-13H,1H3. The molecule has 0 atom stereocenters. The van der Waals surface area contributed by atoms with Gasteiger partial charge < -0.3 is 9.15 Å². The highest BCUT2D eigenvalue weighted by Crippen LogP contribution is 2.37. The second-order valence-electron chi connectivity index (χ2n) is 6.26. The van der Waals surface area contributed by atoms with Crippen molar-refractivity contribution >= 4 is 32.9 Å². The SMILES string of the molecule is CC(=O)Oc1ccc(-c2c(-c3ccccc3)c3cc(Br)ccc3oc2=O)cc1. The van der Waals surface area contributed by atoms with E-state index in [0.29, 0.717) is 22.5 Å². The summed E-state index contributed by atoms with van der Waals surface area (Å²) in [5, 5.41) is 0.833. The first-order chi connectivity index (χ1) is 13.5. The Balaban J connectivity index is 2.01. The van der Waals surface area contributed by atoms with E-state index < -0.39 is 11.6 Å². The minimum absolute atomic E-state index is 0.396. The van der Waals surface area contributed by atoms with E-state index in [0.717, 1.165) is 21.0 Å². The Labute approximate surface area is 169 Å². The van der Waals surface area contributed by atoms with E-state index in [4.69, 9.17) is 9.15 Å². The molecule has 138 valence electrons. The van der Waals surface area contributed by atoms with Gasteiger partial charge in [0.15, 0.2) is 0 Å². The van der Waals surface area contributed by atoms with Crippen LogP contribution >= 0.6 is 15.9 Å². The molecule has 1 aromatic heterocycles. The summed E-state index contributed by atoms with van der Waals surface area (Å²) in [6.45, 7) is 1.34. The van der Waals surface area contributed by atoms with E-state index in [-0.39, 0.29) is 0 Å². The zero-order valence-electron chi connectivity index (χ0n) is 14.9. The lowest BCUT2D eigenvalue weighted by atomic mass is 9.93. The summed E-state index contributed by atoms with van der Waals surface area (Å²) in [4.78, 5) is 24.1. The van der Waals surface area contributed by atoms with Crippen molar-refractivity contribution in [2.24, 2.45) is 0 Å². The Hall–Kier alpha value is -3.18. The number of hydrogen-bond donors (Lipinski definition) is 0. The number of carbonyl (C=O) groups is 1. The number of fused-ring (bicyclic) bond motifs is 1. The molecule has 4 aromatic rings. The minimum Gasteiger partial charge on any atom is -0.427 e. The molecule has 28 heavy (non-hydrogen) atoms. The average molecular weight is 435 g/mol. The third-order valence-electron chi connectivity index (χ3n) is 4.33. The quantitative estimate of drug-likeness (QED) is 0.231. The van der Waals surface area contributed by atoms with Gasteiger partial charge in [-0.25, -0.2) is 4.79 Å². The number of hydrogen-bond acceptors (Lipinski definition) is 4. The Morgan fingerprint density at radius 1 is 0.893 bits per heavy atom. The van der Waals surface area contributed by atoms with Crippen molar-refractivity contribution in [2.45, 2.75) is 6.92 Å². The van der Waals surface area contributed by atoms with Crippen LogP contribution in [-0.4, -0.2) is 5.97 Å². The highest BCUT2D eigenvalue weighted by atomic mass is 79.9. The van der Waals surface area contributed by atoms with Gasteiger partial charge in [-0.3, -0.25) is 4.79 Å². The number of esters is 1. The molecule has 0 aliphatic heterocycles. The molecular formula is C23H15BrO4. The predicted octanol–water partition coefficient (Wildman–Crippen LogP) is 5.81. The number of benzene rings is 3. The van der Waals surface area contributed by atoms with E-state index in [1.807, 2.05) is 42.5 Å². The van der Waals surface area contributed by atoms with Crippen LogP contribution in [0.3, 0.4) is 0 Å². The number of ether oxygens (including phenoxy) is 1. The molecule has 0 unspecified atom stereocenters. The monoisotopic (exact) mass is 434 g/mol. The molecule has 0 bridgehead atoms. The maximum Gasteiger partial charge on any atom is 0.344 e. The van der Waals surface area contributed by atoms with Gasteiger partial charge in [0.25, 0.3) is 0 Å². The summed E-state index contributed by atoms with van der Waals surface area (Å²) in [6.07, 6.45) is 0. The maximum atomic E-state index is 12.9. The molecule has 0 saturated carbocycles. The van der Waals surface area contributed by atoms with Crippen LogP contribution in [0.1, 0.15) is 6.92 Å². The van der Waals surface area contributed by atoms with Crippen LogP contribution in [0, 0.1) is 0 Å². The molecule has 0 N–H and O–H groups in total. The highest BCUT2D eigenvalue weighted by molar-refractivity contribution is 9.10. The zero-order chi connectivity index (χ0) is 19.7. The third-order valence-corrected chi connectivity index (χ3v) is 4.83. The molecule has 0 spiro atoms. The average Bonchev–Trinajstić information content (AvgIpc) is 2.68. The molecule has 0 aliphatic rings. The number of carbonyl (C=O) groups excluding carboxylic acids is 1. The summed E-state index contributed by atoms with van der Waals surface area (Å²) in [5.41, 5.74) is 2.96. The molecular weight excluding hydrogens is 420 g/mol. The molecule has 4 nitrogen and oxygen atoms in total. The van der Waals surface area contributed by atoms with Crippen molar-refractivity contribution in [3.63, 3.8) is 0 Å². The van der Waals surface area contributed by atoms with E-state index >= 15 is 0 Å². The van der Waals surface area contributed by atoms with E-state index in [9.17, 15) is 9.59 Å². The van der Waals surface area contributed by atoms with Gasteiger partial charge in [0.2, 0.25) is 0 Å². The molecule has 0 fully saturated rings. The summed E-state index contributed by atoms with van der Waals surface area (Å²) < 4.78 is 11.6. The van der Waals surface area contributed by atoms with Crippen LogP contribution in [0.25, 0.3) is 33.2 Å². The van der Waals surface area contributed by atoms with Crippen LogP contribution in [0.15, 0.2) is 86.5 Å². The van der Waals surface area contributed by atoms with E-state index in [1.54, 1.807) is 30.3 Å². The van der Waals surface area contributed by atoms with Crippen LogP contribution in [-0.2, 0) is 4.79 Å². The Bertz CT molecular complexity index is 1230. The fraction of sp³-hybridized carbons (Fsp3) is 0.0435. The van der Waals surface area contributed by atoms with Crippen molar-refractivity contribution in [2.75, 3.05) is 0 Å². The van der Waals surface area contributed by atoms with Gasteiger partial charge in [-0.05, 0) is 41.5 Å². The predicted molar refractivity (Wildman–Crippen MR) is 112 cm³/mol. The van der Waals surface area contributed by atoms with Gasteiger partial charge in [0.1, 0.15) is 11.3 Å². The lowest BCUT2D eigenvalue weighted by Crippen LogP contribution is -2.06. The second-order valence-corrected chi connectivity index (χ2v) is 7.18. The molecule has 0 aliphatic carbocycles. The summed E-state index contributed by atoms with van der Waals surface area (Å²) >= 11 is 3.50. The first-order valence-electron chi connectivity index (χ1n) is 8.63. The third kappa shape index (κ3) is 3.49. The smallest absolute Gasteiger partial charge is 0.344 e. The topological polar surface area (TPSA) is 56.5 Å². The molecule has 4 rings (SSSR count). The normalized spacial score (nSPS) is 10.8. The highest BCUT2D eigenvalue weighted by Gasteiger charge is 2.18. The first kappa shape index (κ1) is 18.2. The fourth-order valence-electron chi connectivity index (χ4n) is 3.20. The molecule has 1 heterocycles. The summed E-state index contributed by atoms with van der Waals surface area (Å²) in [6, 6.07) is 22.1. The summed E-state index contributed by atoms with van der Waals surface area (Å²) in [7, 11) is 0. The molecule has 5 heteroatoms. The van der Waals surface area contributed by atoms with Gasteiger partial charge in [-0.1, -0.05) is 58.4 Å². The van der Waals surface area contributed by atoms with Gasteiger partial charge in [0, 0.05) is 22.3 Å². The zero-order valence-corrected chi connectivity index (χ0v) is 16.5. The lowest BCUT2D eigenvalue weighted by Gasteiger charge is -2.13. The van der Waals surface area contributed by atoms with Gasteiger partial charge >= 0.3 is 11.6 Å². The Kier molecular flexibility index (Phi) is 4.84. The van der Waals surface area contributed by atoms with Crippen LogP contribution < -0.4 is 10.4 Å². The van der Waals surface area contributed by atoms with Gasteiger partial charge in [-0.15, -0.1) is 0 Å². The summed E-state index contributed by atoms with van der Waals surface area (Å²) in [5.74, 6) is 0.0261. The second kappa shape index (κ2) is 7.44. The van der Waals surface area contributed by atoms with Crippen molar-refractivity contribution in [3.05, 3.63) is 87.7 Å². The van der Waals surface area contributed by atoms with Gasteiger partial charge in [0.05, 0.1) is 5.56 Å². The lowest BCUT2D eigenvalue weighted by molar-refractivity contribution is -0.131. The first-order valence-corrected chi connectivity index (χ1v) is 9.43. The molecule has 0 radical (unpaired) electrons. The number of rotatable bonds is 3. The van der Waals surface area contributed by atoms with Crippen molar-refractivity contribution in [1.29, 1.82) is 0 Å². The molecule has 3 aromatic carbocycles. The Morgan fingerprint density at radius 3 is 2.25 bits per heavy atom. The number of halogens is 1. The van der Waals surface area contributed by atoms with Crippen molar-refractivity contribution in [3.8, 4) is 28.0 Å². The maximum absolute atomic E-state index is 12.9.